The van der Waals surface area contributed by atoms with Crippen molar-refractivity contribution >= 4 is 33.5 Å². The first-order chi connectivity index (χ1) is 19.2. The Labute approximate surface area is 232 Å². The lowest BCUT2D eigenvalue weighted by atomic mass is 10.0. The smallest absolute Gasteiger partial charge is 0.323 e. The molecule has 0 spiro atoms. The summed E-state index contributed by atoms with van der Waals surface area (Å²) in [4.78, 5) is 30.6. The van der Waals surface area contributed by atoms with Crippen LogP contribution in [0, 0.1) is 5.82 Å². The molecule has 0 aliphatic carbocycles. The molecule has 14 heteroatoms. The normalized spacial score (nSPS) is 18.2. The highest BCUT2D eigenvalue weighted by Crippen LogP contribution is 2.24. The number of hydrogen-bond donors (Lipinski definition) is 5. The number of carbonyl (C=O) groups is 2. The van der Waals surface area contributed by atoms with Crippen LogP contribution in [0.4, 0.5) is 10.1 Å². The van der Waals surface area contributed by atoms with Crippen LogP contribution in [0.25, 0.3) is 0 Å². The van der Waals surface area contributed by atoms with Crippen LogP contribution in [-0.2, 0) is 14.8 Å². The van der Waals surface area contributed by atoms with Gasteiger partial charge in [-0.1, -0.05) is 0 Å². The Morgan fingerprint density at radius 3 is 2.65 bits per heavy atom. The summed E-state index contributed by atoms with van der Waals surface area (Å²) in [6.45, 7) is 2.31. The van der Waals surface area contributed by atoms with E-state index in [2.05, 4.69) is 25.7 Å². The first-order valence-corrected chi connectivity index (χ1v) is 14.4. The van der Waals surface area contributed by atoms with Crippen molar-refractivity contribution in [1.29, 1.82) is 0 Å². The van der Waals surface area contributed by atoms with Crippen LogP contribution in [0.1, 0.15) is 29.6 Å². The van der Waals surface area contributed by atoms with E-state index < -0.39 is 40.3 Å². The van der Waals surface area contributed by atoms with Gasteiger partial charge in [0, 0.05) is 44.3 Å². The number of nitrogens with one attached hydrogen (secondary N) is 4. The summed E-state index contributed by atoms with van der Waals surface area (Å²) in [5, 5.41) is 18.5. The number of aliphatic carboxylic acids is 1. The van der Waals surface area contributed by atoms with Gasteiger partial charge in [0.2, 0.25) is 10.0 Å². The molecule has 12 nitrogen and oxygen atoms in total. The molecule has 5 N–H and O–H groups in total. The highest BCUT2D eigenvalue weighted by Gasteiger charge is 2.27. The van der Waals surface area contributed by atoms with E-state index in [9.17, 15) is 23.1 Å². The lowest BCUT2D eigenvalue weighted by Gasteiger charge is -2.36. The number of carboxylic acid groups (broad SMARTS) is 1. The summed E-state index contributed by atoms with van der Waals surface area (Å²) in [6.07, 6.45) is 2.77. The van der Waals surface area contributed by atoms with Crippen LogP contribution in [0.15, 0.2) is 52.4 Å². The molecule has 1 saturated heterocycles. The zero-order valence-corrected chi connectivity index (χ0v) is 22.8. The number of guanidine groups is 1. The zero-order chi connectivity index (χ0) is 28.7. The third kappa shape index (κ3) is 7.39. The maximum absolute atomic E-state index is 15.1. The topological polar surface area (TPSA) is 161 Å². The molecule has 2 atom stereocenters. The lowest BCUT2D eigenvalue weighted by molar-refractivity contribution is -0.138. The van der Waals surface area contributed by atoms with Gasteiger partial charge < -0.3 is 30.7 Å². The molecular formula is C26H33FN6O6S. The zero-order valence-electron chi connectivity index (χ0n) is 22.0. The number of rotatable bonds is 10. The standard InChI is InChI=1S/C26H33FN6O6S/c1-39-19-6-8-20(9-7-19)40(37,38)32-22(25(35)36)15-30-24(34)17-5-10-23(21(27)14-17)33-13-2-4-18(16-33)31-26-28-11-3-12-29-26/h5-10,14,18,22,32H,2-4,11-13,15-16H2,1H3,(H,30,34)(H,35,36)(H2,28,29,31). The largest absolute Gasteiger partial charge is 0.497 e. The first-order valence-electron chi connectivity index (χ1n) is 12.9. The third-order valence-corrected chi connectivity index (χ3v) is 8.13. The minimum atomic E-state index is -4.20. The quantitative estimate of drug-likeness (QED) is 0.277. The van der Waals surface area contributed by atoms with Gasteiger partial charge in [-0.2, -0.15) is 4.72 Å². The van der Waals surface area contributed by atoms with Gasteiger partial charge in [-0.25, -0.2) is 12.8 Å². The number of anilines is 1. The number of nitrogens with zero attached hydrogens (tertiary/aromatic N) is 2. The molecule has 0 radical (unpaired) electrons. The molecular weight excluding hydrogens is 543 g/mol. The maximum atomic E-state index is 15.1. The van der Waals surface area contributed by atoms with Crippen LogP contribution < -0.4 is 30.3 Å². The second kappa shape index (κ2) is 13.0. The number of carbonyl (C=O) groups excluding carboxylic acids is 1. The number of aliphatic imine (C=N–C) groups is 1. The van der Waals surface area contributed by atoms with E-state index in [1.165, 1.54) is 43.5 Å². The number of methoxy groups -OCH3 is 1. The molecule has 2 heterocycles. The fourth-order valence-electron chi connectivity index (χ4n) is 4.53. The van der Waals surface area contributed by atoms with E-state index in [1.807, 2.05) is 4.90 Å². The Bertz CT molecular complexity index is 1350. The van der Waals surface area contributed by atoms with Crippen LogP contribution in [0.5, 0.6) is 5.75 Å². The van der Waals surface area contributed by atoms with Crippen LogP contribution in [-0.4, -0.2) is 83.3 Å². The van der Waals surface area contributed by atoms with Gasteiger partial charge in [-0.05, 0) is 61.7 Å². The van der Waals surface area contributed by atoms with Crippen molar-refractivity contribution in [3.63, 3.8) is 0 Å². The van der Waals surface area contributed by atoms with Gasteiger partial charge in [0.15, 0.2) is 5.96 Å². The Morgan fingerprint density at radius 2 is 2.00 bits per heavy atom. The number of ether oxygens (including phenoxy) is 1. The number of hydrogen-bond acceptors (Lipinski definition) is 9. The Balaban J connectivity index is 1.36. The molecule has 2 aromatic rings. The van der Waals surface area contributed by atoms with Crippen molar-refractivity contribution in [1.82, 2.24) is 20.7 Å². The Kier molecular flexibility index (Phi) is 9.42. The molecule has 40 heavy (non-hydrogen) atoms. The molecule has 4 rings (SSSR count). The number of benzene rings is 2. The second-order valence-corrected chi connectivity index (χ2v) is 11.2. The predicted octanol–water partition coefficient (Wildman–Crippen LogP) is 0.904. The molecule has 1 fully saturated rings. The summed E-state index contributed by atoms with van der Waals surface area (Å²) >= 11 is 0. The van der Waals surface area contributed by atoms with E-state index in [0.29, 0.717) is 24.5 Å². The summed E-state index contributed by atoms with van der Waals surface area (Å²) < 4.78 is 47.4. The molecule has 216 valence electrons. The van der Waals surface area contributed by atoms with Crippen molar-refractivity contribution < 1.29 is 32.2 Å². The third-order valence-electron chi connectivity index (χ3n) is 6.64. The highest BCUT2D eigenvalue weighted by molar-refractivity contribution is 7.89. The summed E-state index contributed by atoms with van der Waals surface area (Å²) in [6, 6.07) is 7.89. The number of carboxylic acids is 1. The second-order valence-electron chi connectivity index (χ2n) is 9.50. The molecule has 2 aliphatic rings. The fourth-order valence-corrected chi connectivity index (χ4v) is 5.72. The molecule has 2 aliphatic heterocycles. The van der Waals surface area contributed by atoms with Gasteiger partial charge in [-0.15, -0.1) is 0 Å². The van der Waals surface area contributed by atoms with E-state index in [-0.39, 0.29) is 16.5 Å². The van der Waals surface area contributed by atoms with Crippen molar-refractivity contribution in [3.8, 4) is 5.75 Å². The minimum Gasteiger partial charge on any atom is -0.497 e. The van der Waals surface area contributed by atoms with Crippen molar-refractivity contribution in [2.75, 3.05) is 44.7 Å². The lowest BCUT2D eigenvalue weighted by Crippen LogP contribution is -2.52. The number of piperidine rings is 1. The van der Waals surface area contributed by atoms with Crippen molar-refractivity contribution in [2.24, 2.45) is 4.99 Å². The van der Waals surface area contributed by atoms with Gasteiger partial charge in [0.05, 0.1) is 17.7 Å². The van der Waals surface area contributed by atoms with Gasteiger partial charge in [0.1, 0.15) is 17.6 Å². The minimum absolute atomic E-state index is 0.0177. The molecule has 0 saturated carbocycles. The molecule has 2 aromatic carbocycles. The van der Waals surface area contributed by atoms with Crippen LogP contribution in [0.3, 0.4) is 0 Å². The van der Waals surface area contributed by atoms with Gasteiger partial charge in [-0.3, -0.25) is 14.6 Å². The number of amides is 1. The molecule has 1 amide bonds. The highest BCUT2D eigenvalue weighted by atomic mass is 32.2. The Hall–Kier alpha value is -3.91. The SMILES string of the molecule is COc1ccc(S(=O)(=O)NC(CNC(=O)c2ccc(N3CCCC(NC4=NCCCN4)C3)c(F)c2)C(=O)O)cc1. The first kappa shape index (κ1) is 29.1. The van der Waals surface area contributed by atoms with Gasteiger partial charge >= 0.3 is 5.97 Å². The average Bonchev–Trinajstić information content (AvgIpc) is 2.95. The fraction of sp³-hybridized carbons (Fsp3) is 0.423. The molecule has 0 bridgehead atoms. The van der Waals surface area contributed by atoms with E-state index in [1.54, 1.807) is 0 Å². The summed E-state index contributed by atoms with van der Waals surface area (Å²) in [7, 11) is -2.77. The van der Waals surface area contributed by atoms with Crippen LogP contribution >= 0.6 is 0 Å². The summed E-state index contributed by atoms with van der Waals surface area (Å²) in [5.41, 5.74) is 0.341. The van der Waals surface area contributed by atoms with Gasteiger partial charge in [0.25, 0.3) is 5.91 Å². The summed E-state index contributed by atoms with van der Waals surface area (Å²) in [5.74, 6) is -1.61. The maximum Gasteiger partial charge on any atom is 0.323 e. The molecule has 2 unspecified atom stereocenters. The molecule has 0 aromatic heterocycles. The predicted molar refractivity (Wildman–Crippen MR) is 147 cm³/mol. The average molecular weight is 577 g/mol. The van der Waals surface area contributed by atoms with E-state index >= 15 is 4.39 Å². The number of sulfonamides is 1. The van der Waals surface area contributed by atoms with Crippen LogP contribution in [0.2, 0.25) is 0 Å². The monoisotopic (exact) mass is 576 g/mol. The van der Waals surface area contributed by atoms with Crippen molar-refractivity contribution in [3.05, 3.63) is 53.8 Å². The Morgan fingerprint density at radius 1 is 1.23 bits per heavy atom. The van der Waals surface area contributed by atoms with E-state index in [0.717, 1.165) is 44.4 Å². The van der Waals surface area contributed by atoms with E-state index in [4.69, 9.17) is 4.74 Å². The van der Waals surface area contributed by atoms with Crippen molar-refractivity contribution in [2.45, 2.75) is 36.2 Å². The number of halogens is 1.